The van der Waals surface area contributed by atoms with Gasteiger partial charge < -0.3 is 46.1 Å². The third kappa shape index (κ3) is 8.98. The third-order valence-electron chi connectivity index (χ3n) is 22.4. The maximum absolute atomic E-state index is 15.4. The highest BCUT2D eigenvalue weighted by molar-refractivity contribution is 5.98. The van der Waals surface area contributed by atoms with Crippen LogP contribution < -0.4 is 15.8 Å². The Kier molecular flexibility index (Phi) is 14.2. The fraction of sp³-hybridized carbons (Fsp3) is 0.594. The number of methoxy groups -OCH3 is 1. The Hall–Kier alpha value is -5.38. The summed E-state index contributed by atoms with van der Waals surface area (Å²) in [7, 11) is 1.80. The number of Topliss-reactive ketones (excluding diaryl/α,β-unsaturated/α-hetero) is 1. The van der Waals surface area contributed by atoms with Crippen molar-refractivity contribution in [2.75, 3.05) is 26.9 Å². The third-order valence-corrected chi connectivity index (χ3v) is 22.4. The lowest BCUT2D eigenvalue weighted by Gasteiger charge is -2.64. The zero-order chi connectivity index (χ0) is 55.1. The topological polar surface area (TPSA) is 187 Å². The molecule has 1 aliphatic heterocycles. The average Bonchev–Trinajstić information content (AvgIpc) is 4.05. The van der Waals surface area contributed by atoms with Gasteiger partial charge in [0.25, 0.3) is 0 Å². The van der Waals surface area contributed by atoms with Crippen LogP contribution in [0.2, 0.25) is 0 Å². The molecule has 424 valence electrons. The molecular weight excluding hydrogens is 999 g/mol. The van der Waals surface area contributed by atoms with Gasteiger partial charge in [0.15, 0.2) is 23.2 Å². The molecule has 11 nitrogen and oxygen atoms in total. The van der Waals surface area contributed by atoms with Crippen molar-refractivity contribution < 1.29 is 39.8 Å². The fourth-order valence-electron chi connectivity index (χ4n) is 19.2. The van der Waals surface area contributed by atoms with Gasteiger partial charge in [-0.2, -0.15) is 0 Å². The summed E-state index contributed by atoms with van der Waals surface area (Å²) in [6.45, 7) is 1.92. The number of benzene rings is 3. The number of ether oxygens (including phenoxy) is 2. The van der Waals surface area contributed by atoms with Crippen LogP contribution in [-0.2, 0) is 21.5 Å². The summed E-state index contributed by atoms with van der Waals surface area (Å²) < 4.78 is 13.9. The second-order valence-corrected chi connectivity index (χ2v) is 27.0. The zero-order valence-corrected chi connectivity index (χ0v) is 47.3. The quantitative estimate of drug-likeness (QED) is 0.0887. The number of nitrogens with two attached hydrogens (primary N) is 1. The van der Waals surface area contributed by atoms with Crippen molar-refractivity contribution in [1.29, 1.82) is 0 Å². The Labute approximate surface area is 473 Å². The first-order chi connectivity index (χ1) is 38.8. The molecule has 80 heavy (non-hydrogen) atoms. The molecule has 13 rings (SSSR count). The van der Waals surface area contributed by atoms with E-state index in [0.717, 1.165) is 141 Å². The van der Waals surface area contributed by atoms with Gasteiger partial charge >= 0.3 is 0 Å². The lowest BCUT2D eigenvalue weighted by atomic mass is 9.40. The molecule has 0 unspecified atom stereocenters. The first-order valence-electron chi connectivity index (χ1n) is 30.9. The van der Waals surface area contributed by atoms with E-state index >= 15 is 4.79 Å². The van der Waals surface area contributed by atoms with Crippen LogP contribution in [0.1, 0.15) is 198 Å². The van der Waals surface area contributed by atoms with Crippen LogP contribution in [0.3, 0.4) is 0 Å². The van der Waals surface area contributed by atoms with Crippen molar-refractivity contribution in [3.63, 3.8) is 0 Å². The molecule has 0 aromatic heterocycles. The van der Waals surface area contributed by atoms with Crippen molar-refractivity contribution in [1.82, 2.24) is 5.32 Å². The summed E-state index contributed by atoms with van der Waals surface area (Å²) in [6, 6.07) is 16.7. The Balaban J connectivity index is 1.06. The number of fused-ring (bicyclic) bond motifs is 10. The standard InChI is InChI=1S/C69H85N3O8/c1-41-26-53-46-28-43(30-49(76)31-46)27-42-12-10-13-47(29-42)69(23-7-3-8-24-69)72-65(70)71-48-14-11-17-51-52(44-19-20-45-35-66(39-74)22-9-6-18-55(66)54(38-73)60(45)57(77)32-44)33-59(80-50-15-4-5-16-50)64(78)61(51)63-62-58(79-2)21-25-68(63,34-41)56(53)37-67(62,36-48)40-75/h9-10,12-13,22,28-31,33,37,41,44-45,48,50,53,55,58,62-63,73-76,78H,3-8,14-16,18-21,23-27,32,34-36,38-40H2,1-2H3,(H3,70,71,72)/t41-,44-,45-,48+,53+,55+,58+,62-,63-,66-,67+,68+/m0/s1. The summed E-state index contributed by atoms with van der Waals surface area (Å²) >= 11 is 0. The molecule has 2 spiro atoms. The molecule has 3 aromatic carbocycles. The normalized spacial score (nSPS) is 35.3. The van der Waals surface area contributed by atoms with Crippen LogP contribution in [0, 0.1) is 51.8 Å². The highest BCUT2D eigenvalue weighted by Gasteiger charge is 2.65. The Morgan fingerprint density at radius 2 is 1.68 bits per heavy atom. The van der Waals surface area contributed by atoms with Crippen LogP contribution >= 0.6 is 0 Å². The molecule has 5 fully saturated rings. The number of carbonyl (C=O) groups is 1. The van der Waals surface area contributed by atoms with Crippen LogP contribution in [0.25, 0.3) is 0 Å². The van der Waals surface area contributed by atoms with Crippen LogP contribution in [0.4, 0.5) is 0 Å². The monoisotopic (exact) mass is 1080 g/mol. The first-order valence-corrected chi connectivity index (χ1v) is 30.9. The molecule has 3 aromatic rings. The van der Waals surface area contributed by atoms with Gasteiger partial charge in [0, 0.05) is 65.2 Å². The molecule has 0 saturated heterocycles. The highest BCUT2D eigenvalue weighted by atomic mass is 16.5. The van der Waals surface area contributed by atoms with E-state index in [9.17, 15) is 25.5 Å². The first kappa shape index (κ1) is 53.9. The summed E-state index contributed by atoms with van der Waals surface area (Å²) in [4.78, 5) is 20.9. The van der Waals surface area contributed by atoms with E-state index in [0.29, 0.717) is 50.2 Å². The number of nitrogens with one attached hydrogen (secondary N) is 1. The fourth-order valence-corrected chi connectivity index (χ4v) is 19.2. The van der Waals surface area contributed by atoms with Gasteiger partial charge in [-0.3, -0.25) is 4.79 Å². The number of guanidine groups is 1. The Morgan fingerprint density at radius 1 is 0.863 bits per heavy atom. The number of aliphatic hydroxyl groups is 3. The van der Waals surface area contributed by atoms with E-state index in [1.165, 1.54) is 11.1 Å². The number of carbonyl (C=O) groups excluding carboxylic acids is 1. The maximum Gasteiger partial charge on any atom is 0.189 e. The second-order valence-electron chi connectivity index (χ2n) is 27.0. The minimum atomic E-state index is -0.930. The lowest BCUT2D eigenvalue weighted by Crippen LogP contribution is -2.59. The maximum atomic E-state index is 15.4. The Morgan fingerprint density at radius 3 is 2.46 bits per heavy atom. The number of phenols is 2. The molecule has 12 atom stereocenters. The number of allylic oxidation sites excluding steroid dienone is 3. The van der Waals surface area contributed by atoms with Crippen molar-refractivity contribution in [2.45, 2.75) is 190 Å². The van der Waals surface area contributed by atoms with Crippen molar-refractivity contribution in [3.05, 3.63) is 122 Å². The zero-order valence-electron chi connectivity index (χ0n) is 47.3. The van der Waals surface area contributed by atoms with Crippen molar-refractivity contribution >= 4 is 11.7 Å². The number of aliphatic imine (C=N–C) groups is 1. The van der Waals surface area contributed by atoms with Gasteiger partial charge in [0.2, 0.25) is 0 Å². The predicted molar refractivity (Wildman–Crippen MR) is 310 cm³/mol. The number of hydrogen-bond acceptors (Lipinski definition) is 11. The van der Waals surface area contributed by atoms with E-state index in [1.807, 2.05) is 18.2 Å². The average molecular weight is 1080 g/mol. The molecule has 0 radical (unpaired) electrons. The number of aromatic hydroxyl groups is 2. The van der Waals surface area contributed by atoms with E-state index in [1.54, 1.807) is 7.11 Å². The number of aliphatic hydroxyl groups excluding tert-OH is 3. The number of ketones is 1. The van der Waals surface area contributed by atoms with E-state index in [-0.39, 0.29) is 91.2 Å². The van der Waals surface area contributed by atoms with Gasteiger partial charge in [0.1, 0.15) is 5.75 Å². The molecule has 11 heteroatoms. The minimum absolute atomic E-state index is 0.0338. The van der Waals surface area contributed by atoms with Gasteiger partial charge in [-0.25, -0.2) is 4.99 Å². The number of phenolic OH excluding ortho intramolecular Hbond substituents is 2. The molecule has 5 saturated carbocycles. The highest BCUT2D eigenvalue weighted by Crippen LogP contribution is 2.73. The van der Waals surface area contributed by atoms with E-state index in [4.69, 9.17) is 20.2 Å². The van der Waals surface area contributed by atoms with E-state index in [2.05, 4.69) is 72.6 Å². The number of nitrogens with zero attached hydrogens (tertiary/aromatic N) is 1. The molecule has 10 bridgehead atoms. The molecule has 1 heterocycles. The van der Waals surface area contributed by atoms with Gasteiger partial charge in [-0.05, 0) is 190 Å². The van der Waals surface area contributed by atoms with Crippen LogP contribution in [0.5, 0.6) is 17.2 Å². The molecule has 9 aliphatic carbocycles. The van der Waals surface area contributed by atoms with E-state index < -0.39 is 33.7 Å². The second kappa shape index (κ2) is 21.1. The largest absolute Gasteiger partial charge is 0.508 e. The summed E-state index contributed by atoms with van der Waals surface area (Å²) in [5.74, 6) is 7.53. The molecular formula is C69H85N3O8. The smallest absolute Gasteiger partial charge is 0.189 e. The van der Waals surface area contributed by atoms with Gasteiger partial charge in [-0.15, -0.1) is 0 Å². The number of hydrogen-bond donors (Lipinski definition) is 7. The molecule has 10 aliphatic rings. The Bertz CT molecular complexity index is 3120. The predicted octanol–water partition coefficient (Wildman–Crippen LogP) is 11.3. The van der Waals surface area contributed by atoms with Crippen LogP contribution in [-0.4, -0.2) is 82.5 Å². The summed E-state index contributed by atoms with van der Waals surface area (Å²) in [5.41, 5.74) is 14.5. The molecule has 8 N–H and O–H groups in total. The van der Waals surface area contributed by atoms with Crippen molar-refractivity contribution in [2.24, 2.45) is 50.6 Å². The van der Waals surface area contributed by atoms with Gasteiger partial charge in [0.05, 0.1) is 43.6 Å². The lowest BCUT2D eigenvalue weighted by molar-refractivity contribution is -0.116. The van der Waals surface area contributed by atoms with Crippen molar-refractivity contribution in [3.8, 4) is 29.1 Å². The molecule has 0 amide bonds. The summed E-state index contributed by atoms with van der Waals surface area (Å²) in [6.07, 6.45) is 23.8. The SMILES string of the molecule is CO[C@@H]1CC[C@@]23C[C@@H](C)C[C@H]4C2=C[C@@]2(CO)C[C@@H](CC#Cc5c([C@H]6CC[C@H]7C[C@]8(CO)C=CCC[C@@H]8C(CO)=C7C(=O)C6)cc(OC6CCCC6)c(O)c5[C@H]3[C@H]12)N=C(N)NC1(CCCCC1)c1cccc(c1)Cc1cc(O)cc4c1. The van der Waals surface area contributed by atoms with Gasteiger partial charge in [-0.1, -0.05) is 92.2 Å². The minimum Gasteiger partial charge on any atom is -0.508 e. The van der Waals surface area contributed by atoms with Crippen LogP contribution in [0.15, 0.2) is 88.5 Å². The summed E-state index contributed by atoms with van der Waals surface area (Å²) in [5, 5.41) is 64.4. The number of rotatable bonds is 7.